The monoisotopic (exact) mass is 285 g/mol. The van der Waals surface area contributed by atoms with Crippen molar-refractivity contribution in [2.24, 2.45) is 0 Å². The molecule has 0 heterocycles. The lowest BCUT2D eigenvalue weighted by atomic mass is 10.1. The van der Waals surface area contributed by atoms with Gasteiger partial charge in [0.05, 0.1) is 6.42 Å². The number of carboxylic acid groups (broad SMARTS) is 1. The van der Waals surface area contributed by atoms with Crippen LogP contribution < -0.4 is 5.32 Å². The Morgan fingerprint density at radius 1 is 1.50 bits per heavy atom. The van der Waals surface area contributed by atoms with E-state index in [1.54, 1.807) is 0 Å². The normalized spacial score (nSPS) is 11.9. The number of carbonyl (C=O) groups excluding carboxylic acids is 1. The van der Waals surface area contributed by atoms with Crippen LogP contribution in [0.25, 0.3) is 0 Å². The number of carboxylic acids is 1. The Morgan fingerprint density at radius 3 is 2.75 bits per heavy atom. The number of aliphatic carboxylic acids is 1. The van der Waals surface area contributed by atoms with Gasteiger partial charge in [-0.2, -0.15) is 0 Å². The van der Waals surface area contributed by atoms with Gasteiger partial charge in [-0.25, -0.2) is 0 Å². The summed E-state index contributed by atoms with van der Waals surface area (Å²) in [5, 5.41) is 11.0. The summed E-state index contributed by atoms with van der Waals surface area (Å²) in [6.45, 7) is 1.43. The molecule has 86 valence electrons. The molecular formula is C11H12BrNO3. The fourth-order valence-corrected chi connectivity index (χ4v) is 1.63. The molecule has 1 rings (SSSR count). The first-order chi connectivity index (χ1) is 7.49. The lowest BCUT2D eigenvalue weighted by molar-refractivity contribution is -0.141. The van der Waals surface area contributed by atoms with Gasteiger partial charge in [-0.15, -0.1) is 0 Å². The summed E-state index contributed by atoms with van der Waals surface area (Å²) in [6.07, 6.45) is 0.178. The molecule has 0 aliphatic heterocycles. The largest absolute Gasteiger partial charge is 0.480 e. The molecule has 1 aromatic carbocycles. The van der Waals surface area contributed by atoms with Crippen molar-refractivity contribution in [1.29, 1.82) is 0 Å². The van der Waals surface area contributed by atoms with E-state index in [4.69, 9.17) is 5.11 Å². The summed E-state index contributed by atoms with van der Waals surface area (Å²) in [7, 11) is 0. The highest BCUT2D eigenvalue weighted by molar-refractivity contribution is 9.10. The van der Waals surface area contributed by atoms with Gasteiger partial charge in [-0.05, 0) is 24.6 Å². The summed E-state index contributed by atoms with van der Waals surface area (Å²) in [5.74, 6) is -1.34. The second-order valence-corrected chi connectivity index (χ2v) is 4.35. The first kappa shape index (κ1) is 12.7. The van der Waals surface area contributed by atoms with Crippen LogP contribution in [0.15, 0.2) is 28.7 Å². The summed E-state index contributed by atoms with van der Waals surface area (Å²) in [6, 6.07) is 6.47. The van der Waals surface area contributed by atoms with E-state index >= 15 is 0 Å². The van der Waals surface area contributed by atoms with E-state index in [1.165, 1.54) is 6.92 Å². The van der Waals surface area contributed by atoms with Crippen molar-refractivity contribution >= 4 is 27.8 Å². The molecule has 5 heteroatoms. The molecule has 2 N–H and O–H groups in total. The quantitative estimate of drug-likeness (QED) is 0.883. The highest BCUT2D eigenvalue weighted by atomic mass is 79.9. The van der Waals surface area contributed by atoms with Crippen molar-refractivity contribution in [2.75, 3.05) is 0 Å². The molecule has 0 aromatic heterocycles. The van der Waals surface area contributed by atoms with Gasteiger partial charge in [0, 0.05) is 4.47 Å². The maximum Gasteiger partial charge on any atom is 0.325 e. The van der Waals surface area contributed by atoms with Crippen LogP contribution >= 0.6 is 15.9 Å². The molecule has 1 unspecified atom stereocenters. The van der Waals surface area contributed by atoms with E-state index in [9.17, 15) is 9.59 Å². The molecule has 0 fully saturated rings. The second kappa shape index (κ2) is 5.65. The van der Waals surface area contributed by atoms with E-state index in [0.29, 0.717) is 0 Å². The van der Waals surface area contributed by atoms with Crippen LogP contribution in [0.4, 0.5) is 0 Å². The molecule has 4 nitrogen and oxygen atoms in total. The van der Waals surface area contributed by atoms with Crippen molar-refractivity contribution in [1.82, 2.24) is 5.32 Å². The minimum Gasteiger partial charge on any atom is -0.480 e. The minimum absolute atomic E-state index is 0.178. The lowest BCUT2D eigenvalue weighted by Crippen LogP contribution is -2.39. The first-order valence-corrected chi connectivity index (χ1v) is 5.55. The molecule has 16 heavy (non-hydrogen) atoms. The van der Waals surface area contributed by atoms with E-state index in [1.807, 2.05) is 24.3 Å². The van der Waals surface area contributed by atoms with Crippen LogP contribution in [-0.2, 0) is 16.0 Å². The Kier molecular flexibility index (Phi) is 4.49. The number of nitrogens with one attached hydrogen (secondary N) is 1. The second-order valence-electron chi connectivity index (χ2n) is 3.43. The van der Waals surface area contributed by atoms with Crippen molar-refractivity contribution < 1.29 is 14.7 Å². The predicted octanol–water partition coefficient (Wildman–Crippen LogP) is 1.58. The molecule has 0 aliphatic carbocycles. The summed E-state index contributed by atoms with van der Waals surface area (Å²) in [4.78, 5) is 22.0. The molecule has 0 aliphatic rings. The third-order valence-electron chi connectivity index (χ3n) is 2.00. The topological polar surface area (TPSA) is 66.4 Å². The number of rotatable bonds is 4. The highest BCUT2D eigenvalue weighted by Crippen LogP contribution is 2.11. The summed E-state index contributed by atoms with van der Waals surface area (Å²) >= 11 is 3.30. The van der Waals surface area contributed by atoms with Crippen LogP contribution in [0.5, 0.6) is 0 Å². The van der Waals surface area contributed by atoms with E-state index in [-0.39, 0.29) is 12.3 Å². The Bertz CT molecular complexity index is 406. The fourth-order valence-electron chi connectivity index (χ4n) is 1.19. The first-order valence-electron chi connectivity index (χ1n) is 4.75. The zero-order valence-electron chi connectivity index (χ0n) is 8.74. The van der Waals surface area contributed by atoms with Gasteiger partial charge in [-0.1, -0.05) is 28.1 Å². The van der Waals surface area contributed by atoms with E-state index in [0.717, 1.165) is 10.0 Å². The third kappa shape index (κ3) is 4.02. The molecular weight excluding hydrogens is 274 g/mol. The van der Waals surface area contributed by atoms with Crippen molar-refractivity contribution in [3.63, 3.8) is 0 Å². The highest BCUT2D eigenvalue weighted by Gasteiger charge is 2.13. The molecule has 0 bridgehead atoms. The number of amides is 1. The van der Waals surface area contributed by atoms with E-state index < -0.39 is 12.0 Å². The van der Waals surface area contributed by atoms with Gasteiger partial charge in [0.1, 0.15) is 6.04 Å². The number of benzene rings is 1. The van der Waals surface area contributed by atoms with Gasteiger partial charge in [0.2, 0.25) is 5.91 Å². The van der Waals surface area contributed by atoms with Gasteiger partial charge in [0.15, 0.2) is 0 Å². The van der Waals surface area contributed by atoms with E-state index in [2.05, 4.69) is 21.2 Å². The average molecular weight is 286 g/mol. The number of hydrogen-bond donors (Lipinski definition) is 2. The Morgan fingerprint density at radius 2 is 2.19 bits per heavy atom. The molecule has 1 amide bonds. The molecule has 1 aromatic rings. The zero-order chi connectivity index (χ0) is 12.1. The fraction of sp³-hybridized carbons (Fsp3) is 0.273. The van der Waals surface area contributed by atoms with Crippen LogP contribution in [0.2, 0.25) is 0 Å². The Balaban J connectivity index is 2.55. The van der Waals surface area contributed by atoms with Gasteiger partial charge in [-0.3, -0.25) is 9.59 Å². The Labute approximate surface area is 102 Å². The standard InChI is InChI=1S/C11H12BrNO3/c1-7(11(15)16)13-10(14)6-8-3-2-4-9(12)5-8/h2-5,7H,6H2,1H3,(H,13,14)(H,15,16). The van der Waals surface area contributed by atoms with Crippen molar-refractivity contribution in [2.45, 2.75) is 19.4 Å². The Hall–Kier alpha value is -1.36. The van der Waals surface area contributed by atoms with Gasteiger partial charge < -0.3 is 10.4 Å². The minimum atomic E-state index is -1.04. The molecule has 0 saturated heterocycles. The number of halogens is 1. The van der Waals surface area contributed by atoms with Gasteiger partial charge in [0.25, 0.3) is 0 Å². The predicted molar refractivity (Wildman–Crippen MR) is 63.1 cm³/mol. The van der Waals surface area contributed by atoms with Crippen molar-refractivity contribution in [3.05, 3.63) is 34.3 Å². The molecule has 1 atom stereocenters. The zero-order valence-corrected chi connectivity index (χ0v) is 10.3. The molecule has 0 radical (unpaired) electrons. The molecule has 0 saturated carbocycles. The van der Waals surface area contributed by atoms with Crippen molar-refractivity contribution in [3.8, 4) is 0 Å². The maximum atomic E-state index is 11.4. The van der Waals surface area contributed by atoms with Gasteiger partial charge >= 0.3 is 5.97 Å². The van der Waals surface area contributed by atoms with Crippen LogP contribution in [0.3, 0.4) is 0 Å². The summed E-state index contributed by atoms with van der Waals surface area (Å²) in [5.41, 5.74) is 0.837. The smallest absolute Gasteiger partial charge is 0.325 e. The SMILES string of the molecule is CC(NC(=O)Cc1cccc(Br)c1)C(=O)O. The number of carbonyl (C=O) groups is 2. The third-order valence-corrected chi connectivity index (χ3v) is 2.49. The lowest BCUT2D eigenvalue weighted by Gasteiger charge is -2.09. The molecule has 0 spiro atoms. The number of hydrogen-bond acceptors (Lipinski definition) is 2. The van der Waals surface area contributed by atoms with Crippen LogP contribution in [0, 0.1) is 0 Å². The van der Waals surface area contributed by atoms with Crippen LogP contribution in [0.1, 0.15) is 12.5 Å². The maximum absolute atomic E-state index is 11.4. The summed E-state index contributed by atoms with van der Waals surface area (Å²) < 4.78 is 0.893. The average Bonchev–Trinajstić information content (AvgIpc) is 2.16. The van der Waals surface area contributed by atoms with Crippen LogP contribution in [-0.4, -0.2) is 23.0 Å².